The van der Waals surface area contributed by atoms with Crippen LogP contribution in [-0.2, 0) is 9.59 Å². The maximum Gasteiger partial charge on any atom is 0.269 e. The number of aryl methyl sites for hydroxylation is 2. The van der Waals surface area contributed by atoms with Crippen molar-refractivity contribution in [2.75, 3.05) is 16.8 Å². The molecule has 1 fully saturated rings. The SMILES string of the molecule is Cc1cccc(C)c1N1C[C@H](C(=O)Nc2ccc([N+](=O)[O-])cc2)CC1=O. The van der Waals surface area contributed by atoms with E-state index in [2.05, 4.69) is 5.32 Å². The molecule has 1 saturated heterocycles. The number of hydrogen-bond donors (Lipinski definition) is 1. The highest BCUT2D eigenvalue weighted by Crippen LogP contribution is 2.31. The van der Waals surface area contributed by atoms with Crippen molar-refractivity contribution in [3.05, 3.63) is 63.7 Å². The highest BCUT2D eigenvalue weighted by Gasteiger charge is 2.36. The zero-order chi connectivity index (χ0) is 18.8. The molecule has 2 aromatic rings. The van der Waals surface area contributed by atoms with Gasteiger partial charge in [-0.2, -0.15) is 0 Å². The Kier molecular flexibility index (Phi) is 4.71. The van der Waals surface area contributed by atoms with Gasteiger partial charge < -0.3 is 10.2 Å². The average molecular weight is 353 g/mol. The number of carbonyl (C=O) groups is 2. The fourth-order valence-electron chi connectivity index (χ4n) is 3.24. The van der Waals surface area contributed by atoms with Gasteiger partial charge in [0.1, 0.15) is 0 Å². The van der Waals surface area contributed by atoms with E-state index in [1.165, 1.54) is 24.3 Å². The molecule has 1 aliphatic heterocycles. The minimum absolute atomic E-state index is 0.0414. The van der Waals surface area contributed by atoms with E-state index >= 15 is 0 Å². The molecule has 0 aromatic heterocycles. The van der Waals surface area contributed by atoms with Gasteiger partial charge in [0.2, 0.25) is 11.8 Å². The number of benzene rings is 2. The van der Waals surface area contributed by atoms with Crippen molar-refractivity contribution in [1.29, 1.82) is 0 Å². The summed E-state index contributed by atoms with van der Waals surface area (Å²) >= 11 is 0. The first-order valence-electron chi connectivity index (χ1n) is 8.28. The highest BCUT2D eigenvalue weighted by molar-refractivity contribution is 6.04. The van der Waals surface area contributed by atoms with Crippen LogP contribution in [0.25, 0.3) is 0 Å². The summed E-state index contributed by atoms with van der Waals surface area (Å²) in [5.41, 5.74) is 3.28. The standard InChI is InChI=1S/C19H19N3O4/c1-12-4-3-5-13(2)18(12)21-11-14(10-17(21)23)19(24)20-15-6-8-16(9-7-15)22(25)26/h3-9,14H,10-11H2,1-2H3,(H,20,24)/t14-/m1/s1. The van der Waals surface area contributed by atoms with Crippen LogP contribution in [0.3, 0.4) is 0 Å². The normalized spacial score (nSPS) is 16.6. The number of amides is 2. The molecule has 0 bridgehead atoms. The predicted molar refractivity (Wildman–Crippen MR) is 98.1 cm³/mol. The lowest BCUT2D eigenvalue weighted by molar-refractivity contribution is -0.384. The van der Waals surface area contributed by atoms with Crippen LogP contribution in [0, 0.1) is 29.9 Å². The number of nitrogens with zero attached hydrogens (tertiary/aromatic N) is 2. The Balaban J connectivity index is 1.72. The molecule has 2 amide bonds. The van der Waals surface area contributed by atoms with E-state index < -0.39 is 10.8 Å². The topological polar surface area (TPSA) is 92.6 Å². The third kappa shape index (κ3) is 3.42. The molecule has 0 aliphatic carbocycles. The van der Waals surface area contributed by atoms with Crippen molar-refractivity contribution in [2.24, 2.45) is 5.92 Å². The molecule has 0 radical (unpaired) electrons. The van der Waals surface area contributed by atoms with E-state index in [0.29, 0.717) is 12.2 Å². The summed E-state index contributed by atoms with van der Waals surface area (Å²) in [6.07, 6.45) is 0.145. The number of rotatable bonds is 4. The van der Waals surface area contributed by atoms with Gasteiger partial charge in [-0.1, -0.05) is 18.2 Å². The molecule has 1 N–H and O–H groups in total. The number of nitro groups is 1. The van der Waals surface area contributed by atoms with Crippen LogP contribution in [0.15, 0.2) is 42.5 Å². The maximum absolute atomic E-state index is 12.5. The van der Waals surface area contributed by atoms with E-state index in [1.807, 2.05) is 32.0 Å². The first kappa shape index (κ1) is 17.6. The van der Waals surface area contributed by atoms with Gasteiger partial charge in [-0.15, -0.1) is 0 Å². The molecule has 7 nitrogen and oxygen atoms in total. The molecule has 3 rings (SSSR count). The molecule has 2 aromatic carbocycles. The molecule has 1 heterocycles. The van der Waals surface area contributed by atoms with Gasteiger partial charge in [-0.25, -0.2) is 0 Å². The lowest BCUT2D eigenvalue weighted by Crippen LogP contribution is -2.29. The minimum Gasteiger partial charge on any atom is -0.326 e. The highest BCUT2D eigenvalue weighted by atomic mass is 16.6. The molecular formula is C19H19N3O4. The summed E-state index contributed by atoms with van der Waals surface area (Å²) in [7, 11) is 0. The van der Waals surface area contributed by atoms with Crippen LogP contribution in [-0.4, -0.2) is 23.3 Å². The molecule has 0 spiro atoms. The Labute approximate surface area is 150 Å². The van der Waals surface area contributed by atoms with E-state index in [1.54, 1.807) is 4.90 Å². The van der Waals surface area contributed by atoms with Crippen molar-refractivity contribution in [1.82, 2.24) is 0 Å². The van der Waals surface area contributed by atoms with E-state index in [4.69, 9.17) is 0 Å². The Morgan fingerprint density at radius 3 is 2.35 bits per heavy atom. The molecule has 1 atom stereocenters. The van der Waals surface area contributed by atoms with Gasteiger partial charge >= 0.3 is 0 Å². The minimum atomic E-state index is -0.496. The van der Waals surface area contributed by atoms with E-state index in [9.17, 15) is 19.7 Å². The number of hydrogen-bond acceptors (Lipinski definition) is 4. The van der Waals surface area contributed by atoms with Crippen LogP contribution >= 0.6 is 0 Å². The monoisotopic (exact) mass is 353 g/mol. The number of para-hydroxylation sites is 1. The summed E-state index contributed by atoms with van der Waals surface area (Å²) in [4.78, 5) is 36.8. The fourth-order valence-corrected chi connectivity index (χ4v) is 3.24. The van der Waals surface area contributed by atoms with Crippen LogP contribution in [0.2, 0.25) is 0 Å². The van der Waals surface area contributed by atoms with Gasteiger partial charge in [0.05, 0.1) is 10.8 Å². The molecule has 0 saturated carbocycles. The summed E-state index contributed by atoms with van der Waals surface area (Å²) in [6, 6.07) is 11.5. The zero-order valence-corrected chi connectivity index (χ0v) is 14.6. The van der Waals surface area contributed by atoms with Crippen molar-refractivity contribution in [2.45, 2.75) is 20.3 Å². The molecule has 1 aliphatic rings. The van der Waals surface area contributed by atoms with Crippen molar-refractivity contribution in [3.8, 4) is 0 Å². The lowest BCUT2D eigenvalue weighted by atomic mass is 10.1. The van der Waals surface area contributed by atoms with Gasteiger partial charge in [0.25, 0.3) is 5.69 Å². The summed E-state index contributed by atoms with van der Waals surface area (Å²) in [5.74, 6) is -0.802. The molecule has 26 heavy (non-hydrogen) atoms. The second kappa shape index (κ2) is 6.95. The molecule has 7 heteroatoms. The third-order valence-corrected chi connectivity index (χ3v) is 4.55. The fraction of sp³-hybridized carbons (Fsp3) is 0.263. The van der Waals surface area contributed by atoms with Crippen LogP contribution in [0.1, 0.15) is 17.5 Å². The number of non-ortho nitro benzene ring substituents is 1. The van der Waals surface area contributed by atoms with Gasteiger partial charge in [-0.05, 0) is 37.1 Å². The Morgan fingerprint density at radius 2 is 1.77 bits per heavy atom. The Bertz CT molecular complexity index is 857. The zero-order valence-electron chi connectivity index (χ0n) is 14.6. The lowest BCUT2D eigenvalue weighted by Gasteiger charge is -2.21. The summed E-state index contributed by atoms with van der Waals surface area (Å²) in [6.45, 7) is 4.21. The first-order chi connectivity index (χ1) is 12.4. The van der Waals surface area contributed by atoms with Crippen LogP contribution < -0.4 is 10.2 Å². The second-order valence-corrected chi connectivity index (χ2v) is 6.44. The summed E-state index contributed by atoms with van der Waals surface area (Å²) in [5, 5.41) is 13.4. The molecule has 134 valence electrons. The van der Waals surface area contributed by atoms with Gasteiger partial charge in [-0.3, -0.25) is 19.7 Å². The Morgan fingerprint density at radius 1 is 1.15 bits per heavy atom. The molecular weight excluding hydrogens is 334 g/mol. The van der Waals surface area contributed by atoms with E-state index in [0.717, 1.165) is 16.8 Å². The first-order valence-corrected chi connectivity index (χ1v) is 8.28. The summed E-state index contributed by atoms with van der Waals surface area (Å²) < 4.78 is 0. The van der Waals surface area contributed by atoms with Gasteiger partial charge in [0, 0.05) is 36.5 Å². The van der Waals surface area contributed by atoms with Crippen molar-refractivity contribution >= 4 is 28.9 Å². The number of nitro benzene ring substituents is 1. The van der Waals surface area contributed by atoms with Crippen molar-refractivity contribution < 1.29 is 14.5 Å². The van der Waals surface area contributed by atoms with Crippen molar-refractivity contribution in [3.63, 3.8) is 0 Å². The van der Waals surface area contributed by atoms with Crippen LogP contribution in [0.4, 0.5) is 17.1 Å². The average Bonchev–Trinajstić information content (AvgIpc) is 2.97. The maximum atomic E-state index is 12.5. The second-order valence-electron chi connectivity index (χ2n) is 6.44. The number of nitrogens with one attached hydrogen (secondary N) is 1. The largest absolute Gasteiger partial charge is 0.326 e. The van der Waals surface area contributed by atoms with Crippen LogP contribution in [0.5, 0.6) is 0 Å². The smallest absolute Gasteiger partial charge is 0.269 e. The predicted octanol–water partition coefficient (Wildman–Crippen LogP) is 3.20. The quantitative estimate of drug-likeness (QED) is 0.675. The van der Waals surface area contributed by atoms with Gasteiger partial charge in [0.15, 0.2) is 0 Å². The Hall–Kier alpha value is -3.22. The number of anilines is 2. The number of carbonyl (C=O) groups excluding carboxylic acids is 2. The third-order valence-electron chi connectivity index (χ3n) is 4.55. The van der Waals surface area contributed by atoms with E-state index in [-0.39, 0.29) is 23.9 Å². The molecule has 0 unspecified atom stereocenters.